The number of benzene rings is 1. The Balaban J connectivity index is 1.04. The van der Waals surface area contributed by atoms with Gasteiger partial charge in [0.25, 0.3) is 0 Å². The van der Waals surface area contributed by atoms with Crippen LogP contribution in [0.5, 0.6) is 0 Å². The number of likely N-dealkylation sites (tertiary alicyclic amines) is 1. The minimum absolute atomic E-state index is 0.212. The van der Waals surface area contributed by atoms with E-state index in [1.54, 1.807) is 0 Å². The van der Waals surface area contributed by atoms with Crippen LogP contribution in [-0.2, 0) is 16.0 Å². The van der Waals surface area contributed by atoms with Crippen LogP contribution in [-0.4, -0.2) is 41.3 Å². The predicted octanol–water partition coefficient (Wildman–Crippen LogP) is 6.09. The molecule has 3 saturated carbocycles. The minimum atomic E-state index is 0.212. The van der Waals surface area contributed by atoms with E-state index in [2.05, 4.69) is 59.5 Å². The number of aromatic amines is 1. The molecule has 2 heterocycles. The van der Waals surface area contributed by atoms with Gasteiger partial charge in [0.05, 0.1) is 0 Å². The second-order valence-electron chi connectivity index (χ2n) is 13.3. The van der Waals surface area contributed by atoms with Crippen LogP contribution in [0.4, 0.5) is 0 Å². The molecule has 1 aromatic carbocycles. The first kappa shape index (κ1) is 25.0. The van der Waals surface area contributed by atoms with E-state index in [-0.39, 0.29) is 11.3 Å². The first-order valence-electron chi connectivity index (χ1n) is 14.9. The number of aryl methyl sites for hydroxylation is 1. The zero-order chi connectivity index (χ0) is 25.8. The van der Waals surface area contributed by atoms with Gasteiger partial charge in [-0.2, -0.15) is 0 Å². The zero-order valence-corrected chi connectivity index (χ0v) is 23.0. The van der Waals surface area contributed by atoms with Gasteiger partial charge in [0, 0.05) is 49.6 Å². The molecular formula is C32H45N3O2. The first-order chi connectivity index (χ1) is 17.8. The third-order valence-corrected chi connectivity index (χ3v) is 11.8. The van der Waals surface area contributed by atoms with Gasteiger partial charge in [0.2, 0.25) is 11.8 Å². The van der Waals surface area contributed by atoms with Crippen molar-refractivity contribution in [2.75, 3.05) is 13.6 Å². The van der Waals surface area contributed by atoms with E-state index >= 15 is 0 Å². The van der Waals surface area contributed by atoms with Gasteiger partial charge in [0.1, 0.15) is 0 Å². The molecule has 0 unspecified atom stereocenters. The summed E-state index contributed by atoms with van der Waals surface area (Å²) in [6.07, 6.45) is 13.9. The molecule has 6 rings (SSSR count). The third kappa shape index (κ3) is 4.12. The molecule has 1 aromatic heterocycles. The molecule has 7 atom stereocenters. The van der Waals surface area contributed by atoms with E-state index in [4.69, 9.17) is 0 Å². The fraction of sp³-hybridized carbons (Fsp3) is 0.688. The molecule has 1 aliphatic heterocycles. The molecule has 4 fully saturated rings. The molecule has 0 bridgehead atoms. The number of rotatable bonds is 6. The monoisotopic (exact) mass is 503 g/mol. The smallest absolute Gasteiger partial charge is 0.222 e. The van der Waals surface area contributed by atoms with Crippen LogP contribution < -0.4 is 5.32 Å². The fourth-order valence-electron chi connectivity index (χ4n) is 9.70. The van der Waals surface area contributed by atoms with Gasteiger partial charge in [-0.05, 0) is 104 Å². The second-order valence-corrected chi connectivity index (χ2v) is 13.3. The van der Waals surface area contributed by atoms with Gasteiger partial charge in [-0.15, -0.1) is 0 Å². The molecule has 200 valence electrons. The maximum Gasteiger partial charge on any atom is 0.222 e. The van der Waals surface area contributed by atoms with Gasteiger partial charge in [0.15, 0.2) is 0 Å². The maximum absolute atomic E-state index is 12.8. The van der Waals surface area contributed by atoms with Crippen molar-refractivity contribution in [2.45, 2.75) is 90.5 Å². The van der Waals surface area contributed by atoms with Crippen LogP contribution in [0.2, 0.25) is 0 Å². The lowest BCUT2D eigenvalue weighted by atomic mass is 9.47. The number of aromatic nitrogens is 1. The summed E-state index contributed by atoms with van der Waals surface area (Å²) in [5.41, 5.74) is 3.11. The molecule has 5 heteroatoms. The van der Waals surface area contributed by atoms with E-state index in [1.807, 2.05) is 7.05 Å². The summed E-state index contributed by atoms with van der Waals surface area (Å²) in [6, 6.07) is 8.83. The summed E-state index contributed by atoms with van der Waals surface area (Å²) in [4.78, 5) is 30.7. The van der Waals surface area contributed by atoms with E-state index in [1.165, 1.54) is 55.0 Å². The normalized spacial score (nSPS) is 37.2. The van der Waals surface area contributed by atoms with Crippen molar-refractivity contribution >= 4 is 22.7 Å². The third-order valence-electron chi connectivity index (χ3n) is 11.8. The molecule has 0 radical (unpaired) electrons. The molecule has 4 aliphatic rings. The number of hydrogen-bond acceptors (Lipinski definition) is 2. The fourth-order valence-corrected chi connectivity index (χ4v) is 9.70. The van der Waals surface area contributed by atoms with Gasteiger partial charge < -0.3 is 15.2 Å². The van der Waals surface area contributed by atoms with Crippen molar-refractivity contribution < 1.29 is 9.59 Å². The van der Waals surface area contributed by atoms with Crippen molar-refractivity contribution in [1.29, 1.82) is 0 Å². The van der Waals surface area contributed by atoms with Crippen molar-refractivity contribution in [2.24, 2.45) is 34.5 Å². The largest absolute Gasteiger partial charge is 0.361 e. The van der Waals surface area contributed by atoms with Crippen molar-refractivity contribution in [3.05, 3.63) is 36.0 Å². The molecule has 2 amide bonds. The Bertz CT molecular complexity index is 1170. The molecule has 37 heavy (non-hydrogen) atoms. The molecular weight excluding hydrogens is 458 g/mol. The lowest BCUT2D eigenvalue weighted by Gasteiger charge is -2.61. The molecule has 0 spiro atoms. The minimum Gasteiger partial charge on any atom is -0.361 e. The Kier molecular flexibility index (Phi) is 6.40. The summed E-state index contributed by atoms with van der Waals surface area (Å²) in [5.74, 6) is 3.47. The molecule has 2 aromatic rings. The number of para-hydroxylation sites is 1. The standard InChI is InChI=1S/C32H45N3O2/c1-31-17-15-26-24(12-14-28-32(26,2)18-16-30(37)35(28)3)25(31)13-11-22(31)20-34-29(36)10-6-7-21-19-33-27-9-5-4-8-23(21)27/h4-5,8-9,19,22,24-26,28,33H,6-7,10-18,20H2,1-3H3,(H,34,36)/t22-,24+,25+,26+,28-,31-,32-/m1/s1. The molecule has 5 nitrogen and oxygen atoms in total. The van der Waals surface area contributed by atoms with E-state index < -0.39 is 0 Å². The zero-order valence-electron chi connectivity index (χ0n) is 23.0. The summed E-state index contributed by atoms with van der Waals surface area (Å²) in [5, 5.41) is 4.62. The van der Waals surface area contributed by atoms with Crippen LogP contribution in [0.1, 0.15) is 83.6 Å². The Morgan fingerprint density at radius 2 is 1.86 bits per heavy atom. The van der Waals surface area contributed by atoms with Crippen LogP contribution in [0.25, 0.3) is 10.9 Å². The molecule has 3 aliphatic carbocycles. The maximum atomic E-state index is 12.8. The van der Waals surface area contributed by atoms with Crippen LogP contribution in [0.3, 0.4) is 0 Å². The van der Waals surface area contributed by atoms with Gasteiger partial charge in [-0.1, -0.05) is 32.0 Å². The topological polar surface area (TPSA) is 65.2 Å². The number of nitrogens with one attached hydrogen (secondary N) is 2. The number of amides is 2. The van der Waals surface area contributed by atoms with Gasteiger partial charge in [-0.25, -0.2) is 0 Å². The summed E-state index contributed by atoms with van der Waals surface area (Å²) in [7, 11) is 2.05. The Morgan fingerprint density at radius 1 is 1.05 bits per heavy atom. The summed E-state index contributed by atoms with van der Waals surface area (Å²) in [6.45, 7) is 5.89. The van der Waals surface area contributed by atoms with Gasteiger partial charge >= 0.3 is 0 Å². The van der Waals surface area contributed by atoms with Crippen molar-refractivity contribution in [3.8, 4) is 0 Å². The predicted molar refractivity (Wildman–Crippen MR) is 148 cm³/mol. The lowest BCUT2D eigenvalue weighted by molar-refractivity contribution is -0.158. The number of nitrogens with zero attached hydrogens (tertiary/aromatic N) is 1. The highest BCUT2D eigenvalue weighted by Gasteiger charge is 2.60. The number of hydrogen-bond donors (Lipinski definition) is 2. The average Bonchev–Trinajstić information content (AvgIpc) is 3.46. The van der Waals surface area contributed by atoms with Crippen LogP contribution in [0, 0.1) is 34.5 Å². The number of carbonyl (C=O) groups excluding carboxylic acids is 2. The Labute approximate surface area is 222 Å². The second kappa shape index (κ2) is 9.47. The highest BCUT2D eigenvalue weighted by molar-refractivity contribution is 5.83. The summed E-state index contributed by atoms with van der Waals surface area (Å²) < 4.78 is 0. The van der Waals surface area contributed by atoms with E-state index in [0.29, 0.717) is 29.7 Å². The number of carbonyl (C=O) groups is 2. The quantitative estimate of drug-likeness (QED) is 0.501. The molecule has 2 N–H and O–H groups in total. The highest BCUT2D eigenvalue weighted by atomic mass is 16.2. The Morgan fingerprint density at radius 3 is 2.73 bits per heavy atom. The highest BCUT2D eigenvalue weighted by Crippen LogP contribution is 2.66. The lowest BCUT2D eigenvalue weighted by Crippen LogP contribution is -2.61. The van der Waals surface area contributed by atoms with Crippen LogP contribution >= 0.6 is 0 Å². The number of fused-ring (bicyclic) bond motifs is 6. The first-order valence-corrected chi connectivity index (χ1v) is 14.9. The number of H-pyrrole nitrogens is 1. The Hall–Kier alpha value is -2.30. The SMILES string of the molecule is CN1C(=O)CC[C@]2(C)[C@H]3CC[C@]4(C)[C@@H](CNC(=O)CCCc5c[nH]c6ccccc56)CC[C@H]4[C@@H]3CC[C@@H]12. The van der Waals surface area contributed by atoms with E-state index in [9.17, 15) is 9.59 Å². The van der Waals surface area contributed by atoms with Crippen molar-refractivity contribution in [1.82, 2.24) is 15.2 Å². The van der Waals surface area contributed by atoms with E-state index in [0.717, 1.165) is 50.0 Å². The average molecular weight is 504 g/mol. The molecule has 1 saturated heterocycles. The van der Waals surface area contributed by atoms with Crippen LogP contribution in [0.15, 0.2) is 30.5 Å². The number of piperidine rings is 1. The van der Waals surface area contributed by atoms with Crippen molar-refractivity contribution in [3.63, 3.8) is 0 Å². The van der Waals surface area contributed by atoms with Gasteiger partial charge in [-0.3, -0.25) is 9.59 Å². The summed E-state index contributed by atoms with van der Waals surface area (Å²) >= 11 is 0.